The van der Waals surface area contributed by atoms with Crippen molar-refractivity contribution in [1.82, 2.24) is 9.38 Å². The topological polar surface area (TPSA) is 40.8 Å². The standard InChI is InChI=1S/C15H21N3O/c1-2-5-12-7-9-17(10-12)15-13(11-19)18-8-4-3-6-14(18)16-15/h3-4,6,8,12,19H,2,5,7,9-11H2,1H3. The number of anilines is 1. The molecule has 2 aromatic rings. The Morgan fingerprint density at radius 3 is 3.11 bits per heavy atom. The molecule has 0 aromatic carbocycles. The van der Waals surface area contributed by atoms with E-state index in [1.807, 2.05) is 28.8 Å². The largest absolute Gasteiger partial charge is 0.390 e. The average molecular weight is 259 g/mol. The minimum atomic E-state index is 0.0372. The van der Waals surface area contributed by atoms with Crippen molar-refractivity contribution in [3.05, 3.63) is 30.1 Å². The van der Waals surface area contributed by atoms with Gasteiger partial charge in [-0.15, -0.1) is 0 Å². The van der Waals surface area contributed by atoms with E-state index < -0.39 is 0 Å². The zero-order valence-corrected chi connectivity index (χ0v) is 11.4. The van der Waals surface area contributed by atoms with E-state index in [0.717, 1.165) is 36.2 Å². The first-order chi connectivity index (χ1) is 9.33. The lowest BCUT2D eigenvalue weighted by atomic mass is 10.0. The molecule has 3 rings (SSSR count). The number of hydrogen-bond acceptors (Lipinski definition) is 3. The van der Waals surface area contributed by atoms with Crippen LogP contribution < -0.4 is 4.90 Å². The minimum absolute atomic E-state index is 0.0372. The number of nitrogens with zero attached hydrogens (tertiary/aromatic N) is 3. The zero-order chi connectivity index (χ0) is 13.2. The van der Waals surface area contributed by atoms with Gasteiger partial charge in [0.15, 0.2) is 5.82 Å². The summed E-state index contributed by atoms with van der Waals surface area (Å²) in [6, 6.07) is 5.95. The Morgan fingerprint density at radius 2 is 2.32 bits per heavy atom. The normalized spacial score (nSPS) is 19.5. The maximum absolute atomic E-state index is 9.65. The molecule has 0 bridgehead atoms. The summed E-state index contributed by atoms with van der Waals surface area (Å²) in [4.78, 5) is 7.02. The molecule has 0 radical (unpaired) electrons. The summed E-state index contributed by atoms with van der Waals surface area (Å²) in [5, 5.41) is 9.65. The smallest absolute Gasteiger partial charge is 0.153 e. The van der Waals surface area contributed by atoms with Gasteiger partial charge in [0.1, 0.15) is 5.65 Å². The van der Waals surface area contributed by atoms with Crippen LogP contribution in [-0.4, -0.2) is 27.6 Å². The summed E-state index contributed by atoms with van der Waals surface area (Å²) in [6.07, 6.45) is 5.75. The highest BCUT2D eigenvalue weighted by atomic mass is 16.3. The first-order valence-electron chi connectivity index (χ1n) is 7.15. The van der Waals surface area contributed by atoms with Crippen LogP contribution in [0.5, 0.6) is 0 Å². The second-order valence-electron chi connectivity index (χ2n) is 5.36. The van der Waals surface area contributed by atoms with Crippen LogP contribution in [0.1, 0.15) is 31.9 Å². The van der Waals surface area contributed by atoms with Crippen LogP contribution in [0.15, 0.2) is 24.4 Å². The molecule has 1 aliphatic heterocycles. The van der Waals surface area contributed by atoms with Gasteiger partial charge in [0, 0.05) is 19.3 Å². The maximum Gasteiger partial charge on any atom is 0.153 e. The van der Waals surface area contributed by atoms with E-state index in [9.17, 15) is 5.11 Å². The molecule has 4 nitrogen and oxygen atoms in total. The van der Waals surface area contributed by atoms with E-state index in [-0.39, 0.29) is 6.61 Å². The van der Waals surface area contributed by atoms with Gasteiger partial charge in [-0.05, 0) is 30.9 Å². The fourth-order valence-corrected chi connectivity index (χ4v) is 3.10. The van der Waals surface area contributed by atoms with Crippen molar-refractivity contribution in [3.8, 4) is 0 Å². The van der Waals surface area contributed by atoms with E-state index in [2.05, 4.69) is 16.8 Å². The van der Waals surface area contributed by atoms with Crippen LogP contribution in [0.2, 0.25) is 0 Å². The van der Waals surface area contributed by atoms with E-state index in [4.69, 9.17) is 0 Å². The van der Waals surface area contributed by atoms with Gasteiger partial charge >= 0.3 is 0 Å². The van der Waals surface area contributed by atoms with Crippen molar-refractivity contribution in [1.29, 1.82) is 0 Å². The zero-order valence-electron chi connectivity index (χ0n) is 11.4. The summed E-state index contributed by atoms with van der Waals surface area (Å²) in [7, 11) is 0. The van der Waals surface area contributed by atoms with E-state index in [0.29, 0.717) is 0 Å². The SMILES string of the molecule is CCCC1CCN(c2nc3ccccn3c2CO)C1. The van der Waals surface area contributed by atoms with Crippen LogP contribution in [-0.2, 0) is 6.61 Å². The van der Waals surface area contributed by atoms with E-state index >= 15 is 0 Å². The van der Waals surface area contributed by atoms with Crippen molar-refractivity contribution in [2.75, 3.05) is 18.0 Å². The molecule has 2 aromatic heterocycles. The molecule has 1 unspecified atom stereocenters. The molecule has 0 amide bonds. The molecule has 4 heteroatoms. The Balaban J connectivity index is 1.92. The predicted molar refractivity (Wildman–Crippen MR) is 76.3 cm³/mol. The Morgan fingerprint density at radius 1 is 1.42 bits per heavy atom. The fraction of sp³-hybridized carbons (Fsp3) is 0.533. The minimum Gasteiger partial charge on any atom is -0.390 e. The number of hydrogen-bond donors (Lipinski definition) is 1. The van der Waals surface area contributed by atoms with Crippen LogP contribution in [0, 0.1) is 5.92 Å². The van der Waals surface area contributed by atoms with Crippen LogP contribution >= 0.6 is 0 Å². The molecule has 19 heavy (non-hydrogen) atoms. The number of imidazole rings is 1. The van der Waals surface area contributed by atoms with Crippen LogP contribution in [0.3, 0.4) is 0 Å². The third kappa shape index (κ3) is 2.21. The second kappa shape index (κ2) is 5.21. The molecular formula is C15H21N3O. The van der Waals surface area contributed by atoms with Crippen LogP contribution in [0.4, 0.5) is 5.82 Å². The molecule has 1 fully saturated rings. The Bertz CT molecular complexity index is 564. The van der Waals surface area contributed by atoms with Crippen molar-refractivity contribution in [2.45, 2.75) is 32.8 Å². The third-order valence-corrected chi connectivity index (χ3v) is 4.04. The summed E-state index contributed by atoms with van der Waals surface area (Å²) >= 11 is 0. The molecule has 1 atom stereocenters. The van der Waals surface area contributed by atoms with Gasteiger partial charge in [-0.3, -0.25) is 4.40 Å². The monoisotopic (exact) mass is 259 g/mol. The number of aromatic nitrogens is 2. The molecule has 0 saturated carbocycles. The molecule has 1 saturated heterocycles. The fourth-order valence-electron chi connectivity index (χ4n) is 3.10. The molecule has 1 aliphatic rings. The quantitative estimate of drug-likeness (QED) is 0.917. The Kier molecular flexibility index (Phi) is 3.42. The van der Waals surface area contributed by atoms with Gasteiger partial charge in [0.2, 0.25) is 0 Å². The van der Waals surface area contributed by atoms with E-state index in [1.165, 1.54) is 19.3 Å². The Hall–Kier alpha value is -1.55. The van der Waals surface area contributed by atoms with Gasteiger partial charge in [-0.1, -0.05) is 19.4 Å². The first-order valence-corrected chi connectivity index (χ1v) is 7.15. The first kappa shape index (κ1) is 12.5. The predicted octanol–water partition coefficient (Wildman–Crippen LogP) is 2.45. The summed E-state index contributed by atoms with van der Waals surface area (Å²) in [5.74, 6) is 1.74. The highest BCUT2D eigenvalue weighted by Crippen LogP contribution is 2.29. The average Bonchev–Trinajstić information content (AvgIpc) is 3.02. The highest BCUT2D eigenvalue weighted by molar-refractivity contribution is 5.56. The molecule has 0 aliphatic carbocycles. The molecule has 0 spiro atoms. The molecular weight excluding hydrogens is 238 g/mol. The van der Waals surface area contributed by atoms with Gasteiger partial charge in [0.25, 0.3) is 0 Å². The molecule has 102 valence electrons. The lowest BCUT2D eigenvalue weighted by molar-refractivity contribution is 0.276. The van der Waals surface area contributed by atoms with Gasteiger partial charge in [0.05, 0.1) is 12.3 Å². The number of aliphatic hydroxyl groups is 1. The van der Waals surface area contributed by atoms with Gasteiger partial charge in [-0.25, -0.2) is 4.98 Å². The lowest BCUT2D eigenvalue weighted by Gasteiger charge is -2.17. The van der Waals surface area contributed by atoms with Gasteiger partial charge < -0.3 is 10.0 Å². The second-order valence-corrected chi connectivity index (χ2v) is 5.36. The number of rotatable bonds is 4. The summed E-state index contributed by atoms with van der Waals surface area (Å²) < 4.78 is 1.99. The van der Waals surface area contributed by atoms with E-state index in [1.54, 1.807) is 0 Å². The highest BCUT2D eigenvalue weighted by Gasteiger charge is 2.26. The van der Waals surface area contributed by atoms with Crippen LogP contribution in [0.25, 0.3) is 5.65 Å². The summed E-state index contributed by atoms with van der Waals surface area (Å²) in [6.45, 7) is 4.41. The van der Waals surface area contributed by atoms with Crippen molar-refractivity contribution >= 4 is 11.5 Å². The Labute approximate surface area is 113 Å². The lowest BCUT2D eigenvalue weighted by Crippen LogP contribution is -2.21. The maximum atomic E-state index is 9.65. The number of pyridine rings is 1. The third-order valence-electron chi connectivity index (χ3n) is 4.04. The van der Waals surface area contributed by atoms with Crippen molar-refractivity contribution in [2.24, 2.45) is 5.92 Å². The van der Waals surface area contributed by atoms with Gasteiger partial charge in [-0.2, -0.15) is 0 Å². The number of aliphatic hydroxyl groups excluding tert-OH is 1. The van der Waals surface area contributed by atoms with Crippen molar-refractivity contribution in [3.63, 3.8) is 0 Å². The van der Waals surface area contributed by atoms with Crippen molar-refractivity contribution < 1.29 is 5.11 Å². The molecule has 1 N–H and O–H groups in total. The molecule has 3 heterocycles. The summed E-state index contributed by atoms with van der Waals surface area (Å²) in [5.41, 5.74) is 1.83. The number of fused-ring (bicyclic) bond motifs is 1.